The van der Waals surface area contributed by atoms with Gasteiger partial charge in [-0.2, -0.15) is 18.3 Å². The molecule has 0 fully saturated rings. The first-order valence-corrected chi connectivity index (χ1v) is 7.29. The summed E-state index contributed by atoms with van der Waals surface area (Å²) in [4.78, 5) is 4.14. The molecule has 0 saturated heterocycles. The Hall–Kier alpha value is -1.80. The number of aromatic nitrogens is 3. The molecule has 0 radical (unpaired) electrons. The van der Waals surface area contributed by atoms with Crippen molar-refractivity contribution < 1.29 is 17.9 Å². The van der Waals surface area contributed by atoms with Crippen LogP contribution in [-0.4, -0.2) is 14.8 Å². The summed E-state index contributed by atoms with van der Waals surface area (Å²) >= 11 is 7.17. The van der Waals surface area contributed by atoms with Gasteiger partial charge in [-0.15, -0.1) is 11.3 Å². The molecule has 0 amide bonds. The Balaban J connectivity index is 2.05. The quantitative estimate of drug-likeness (QED) is 0.668. The number of ether oxygens (including phenoxy) is 1. The van der Waals surface area contributed by atoms with Gasteiger partial charge in [0.1, 0.15) is 5.52 Å². The molecule has 0 saturated carbocycles. The molecule has 0 N–H and O–H groups in total. The second-order valence-electron chi connectivity index (χ2n) is 4.67. The van der Waals surface area contributed by atoms with Gasteiger partial charge in [-0.1, -0.05) is 11.6 Å². The summed E-state index contributed by atoms with van der Waals surface area (Å²) in [7, 11) is 1.38. The summed E-state index contributed by atoms with van der Waals surface area (Å²) in [5.74, 6) is 0.318. The molecule has 22 heavy (non-hydrogen) atoms. The van der Waals surface area contributed by atoms with Crippen molar-refractivity contribution in [2.24, 2.45) is 7.05 Å². The number of halogens is 4. The van der Waals surface area contributed by atoms with Crippen LogP contribution in [-0.2, 0) is 13.2 Å². The summed E-state index contributed by atoms with van der Waals surface area (Å²) in [5, 5.41) is 3.41. The fourth-order valence-corrected chi connectivity index (χ4v) is 3.12. The van der Waals surface area contributed by atoms with E-state index in [0.717, 1.165) is 21.0 Å². The maximum Gasteiger partial charge on any atom is 0.435 e. The van der Waals surface area contributed by atoms with E-state index in [4.69, 9.17) is 16.3 Å². The predicted molar refractivity (Wildman–Crippen MR) is 77.7 cm³/mol. The third kappa shape index (κ3) is 2.76. The van der Waals surface area contributed by atoms with E-state index >= 15 is 0 Å². The Kier molecular flexibility index (Phi) is 3.53. The summed E-state index contributed by atoms with van der Waals surface area (Å²) in [6.07, 6.45) is -4.52. The molecule has 2 aromatic heterocycles. The van der Waals surface area contributed by atoms with Crippen molar-refractivity contribution in [1.82, 2.24) is 14.8 Å². The van der Waals surface area contributed by atoms with Crippen LogP contribution in [0.4, 0.5) is 13.2 Å². The molecule has 0 aliphatic heterocycles. The van der Waals surface area contributed by atoms with E-state index in [1.807, 2.05) is 13.0 Å². The van der Waals surface area contributed by atoms with Crippen molar-refractivity contribution in [2.75, 3.05) is 0 Å². The molecular formula is C13H9ClF3N3OS. The van der Waals surface area contributed by atoms with E-state index in [9.17, 15) is 13.2 Å². The minimum Gasteiger partial charge on any atom is -0.437 e. The van der Waals surface area contributed by atoms with Gasteiger partial charge < -0.3 is 4.74 Å². The molecule has 3 aromatic rings. The van der Waals surface area contributed by atoms with Crippen molar-refractivity contribution in [3.05, 3.63) is 33.9 Å². The van der Waals surface area contributed by atoms with Gasteiger partial charge in [-0.3, -0.25) is 0 Å². The number of aryl methyl sites for hydroxylation is 2. The van der Waals surface area contributed by atoms with Crippen LogP contribution in [0.3, 0.4) is 0 Å². The Labute approximate surface area is 132 Å². The van der Waals surface area contributed by atoms with Gasteiger partial charge in [0.2, 0.25) is 5.88 Å². The average molecular weight is 348 g/mol. The minimum absolute atomic E-state index is 0.0247. The maximum atomic E-state index is 12.7. The van der Waals surface area contributed by atoms with Gasteiger partial charge in [0.15, 0.2) is 15.9 Å². The monoisotopic (exact) mass is 347 g/mol. The Morgan fingerprint density at radius 2 is 2.00 bits per heavy atom. The Morgan fingerprint density at radius 3 is 2.64 bits per heavy atom. The van der Waals surface area contributed by atoms with Crippen LogP contribution in [0.25, 0.3) is 10.2 Å². The topological polar surface area (TPSA) is 39.9 Å². The van der Waals surface area contributed by atoms with Crippen molar-refractivity contribution >= 4 is 33.2 Å². The second-order valence-corrected chi connectivity index (χ2v) is 6.28. The lowest BCUT2D eigenvalue weighted by Crippen LogP contribution is -2.06. The van der Waals surface area contributed by atoms with Crippen LogP contribution in [0.5, 0.6) is 11.6 Å². The van der Waals surface area contributed by atoms with E-state index in [2.05, 4.69) is 10.1 Å². The highest BCUT2D eigenvalue weighted by Gasteiger charge is 2.35. The molecule has 116 valence electrons. The Morgan fingerprint density at radius 1 is 1.27 bits per heavy atom. The maximum absolute atomic E-state index is 12.7. The standard InChI is InChI=1S/C13H9ClF3N3OS/c1-6-3-7(11-8(4-6)22-12(14)18-11)21-10-5-9(13(15,16)17)19-20(10)2/h3-5H,1-2H3. The van der Waals surface area contributed by atoms with Gasteiger partial charge in [0.25, 0.3) is 0 Å². The lowest BCUT2D eigenvalue weighted by Gasteiger charge is -2.07. The summed E-state index contributed by atoms with van der Waals surface area (Å²) in [5.41, 5.74) is 0.390. The molecule has 0 spiro atoms. The third-order valence-electron chi connectivity index (χ3n) is 2.92. The van der Waals surface area contributed by atoms with Crippen molar-refractivity contribution in [1.29, 1.82) is 0 Å². The zero-order chi connectivity index (χ0) is 16.1. The van der Waals surface area contributed by atoms with Gasteiger partial charge in [0.05, 0.1) is 4.70 Å². The number of nitrogens with zero attached hydrogens (tertiary/aromatic N) is 3. The summed E-state index contributed by atoms with van der Waals surface area (Å²) in [6, 6.07) is 4.43. The van der Waals surface area contributed by atoms with Gasteiger partial charge in [-0.05, 0) is 24.6 Å². The third-order valence-corrected chi connectivity index (χ3v) is 4.03. The van der Waals surface area contributed by atoms with E-state index in [1.165, 1.54) is 18.4 Å². The van der Waals surface area contributed by atoms with Crippen molar-refractivity contribution in [2.45, 2.75) is 13.1 Å². The molecule has 0 unspecified atom stereocenters. The van der Waals surface area contributed by atoms with Gasteiger partial charge in [0, 0.05) is 13.1 Å². The van der Waals surface area contributed by atoms with E-state index < -0.39 is 11.9 Å². The fourth-order valence-electron chi connectivity index (χ4n) is 1.98. The molecule has 0 aliphatic carbocycles. The number of thiazole rings is 1. The van der Waals surface area contributed by atoms with Crippen LogP contribution in [0.1, 0.15) is 11.3 Å². The number of fused-ring (bicyclic) bond motifs is 1. The SMILES string of the molecule is Cc1cc(Oc2cc(C(F)(F)F)nn2C)c2nc(Cl)sc2c1. The number of hydrogen-bond donors (Lipinski definition) is 0. The van der Waals surface area contributed by atoms with Crippen LogP contribution >= 0.6 is 22.9 Å². The fraction of sp³-hybridized carbons (Fsp3) is 0.231. The minimum atomic E-state index is -4.52. The lowest BCUT2D eigenvalue weighted by molar-refractivity contribution is -0.141. The highest BCUT2D eigenvalue weighted by Crippen LogP contribution is 2.37. The van der Waals surface area contributed by atoms with E-state index in [1.54, 1.807) is 6.07 Å². The highest BCUT2D eigenvalue weighted by molar-refractivity contribution is 7.22. The first-order chi connectivity index (χ1) is 10.2. The average Bonchev–Trinajstić information content (AvgIpc) is 2.92. The first kappa shape index (κ1) is 15.1. The van der Waals surface area contributed by atoms with E-state index in [0.29, 0.717) is 15.7 Å². The first-order valence-electron chi connectivity index (χ1n) is 6.10. The normalized spacial score (nSPS) is 12.1. The van der Waals surface area contributed by atoms with Crippen LogP contribution in [0.2, 0.25) is 4.47 Å². The molecule has 9 heteroatoms. The summed E-state index contributed by atoms with van der Waals surface area (Å²) < 4.78 is 45.8. The summed E-state index contributed by atoms with van der Waals surface area (Å²) in [6.45, 7) is 1.85. The number of benzene rings is 1. The molecular weight excluding hydrogens is 339 g/mol. The number of rotatable bonds is 2. The largest absolute Gasteiger partial charge is 0.437 e. The molecule has 0 atom stereocenters. The second kappa shape index (κ2) is 5.13. The van der Waals surface area contributed by atoms with Crippen LogP contribution in [0.15, 0.2) is 18.2 Å². The lowest BCUT2D eigenvalue weighted by atomic mass is 10.2. The smallest absolute Gasteiger partial charge is 0.435 e. The zero-order valence-electron chi connectivity index (χ0n) is 11.4. The zero-order valence-corrected chi connectivity index (χ0v) is 13.0. The molecule has 1 aromatic carbocycles. The predicted octanol–water partition coefficient (Wildman–Crippen LogP) is 4.80. The van der Waals surface area contributed by atoms with Gasteiger partial charge >= 0.3 is 6.18 Å². The highest BCUT2D eigenvalue weighted by atomic mass is 35.5. The molecule has 4 nitrogen and oxygen atoms in total. The van der Waals surface area contributed by atoms with Gasteiger partial charge in [-0.25, -0.2) is 9.67 Å². The van der Waals surface area contributed by atoms with Crippen molar-refractivity contribution in [3.8, 4) is 11.6 Å². The number of alkyl halides is 3. The molecule has 0 bridgehead atoms. The molecule has 2 heterocycles. The van der Waals surface area contributed by atoms with Crippen LogP contribution < -0.4 is 4.74 Å². The van der Waals surface area contributed by atoms with E-state index in [-0.39, 0.29) is 5.88 Å². The van der Waals surface area contributed by atoms with Crippen LogP contribution in [0, 0.1) is 6.92 Å². The Bertz CT molecular complexity index is 856. The molecule has 3 rings (SSSR count). The number of hydrogen-bond acceptors (Lipinski definition) is 4. The van der Waals surface area contributed by atoms with Crippen molar-refractivity contribution in [3.63, 3.8) is 0 Å². The molecule has 0 aliphatic rings.